The Labute approximate surface area is 166 Å². The number of rotatable bonds is 8. The summed E-state index contributed by atoms with van der Waals surface area (Å²) in [7, 11) is 0. The molecule has 6 nitrogen and oxygen atoms in total. The van der Waals surface area contributed by atoms with E-state index >= 15 is 0 Å². The van der Waals surface area contributed by atoms with Crippen molar-refractivity contribution in [3.8, 4) is 11.5 Å². The van der Waals surface area contributed by atoms with Gasteiger partial charge in [0.25, 0.3) is 11.8 Å². The average Bonchev–Trinajstić information content (AvgIpc) is 2.70. The van der Waals surface area contributed by atoms with E-state index in [1.165, 1.54) is 5.56 Å². The van der Waals surface area contributed by atoms with E-state index < -0.39 is 11.8 Å². The lowest BCUT2D eigenvalue weighted by atomic mass is 9.99. The van der Waals surface area contributed by atoms with Crippen molar-refractivity contribution in [2.45, 2.75) is 46.1 Å². The van der Waals surface area contributed by atoms with E-state index in [4.69, 9.17) is 9.47 Å². The maximum Gasteiger partial charge on any atom is 0.276 e. The molecule has 0 spiro atoms. The number of carbonyl (C=O) groups excluding carboxylic acids is 2. The van der Waals surface area contributed by atoms with Crippen LogP contribution in [0.15, 0.2) is 48.5 Å². The number of benzene rings is 2. The van der Waals surface area contributed by atoms with Gasteiger partial charge in [-0.3, -0.25) is 20.4 Å². The van der Waals surface area contributed by atoms with E-state index in [9.17, 15) is 9.59 Å². The van der Waals surface area contributed by atoms with Crippen LogP contribution in [0.5, 0.6) is 11.5 Å². The Bertz CT molecular complexity index is 787. The van der Waals surface area contributed by atoms with Crippen LogP contribution < -0.4 is 20.3 Å². The number of hydrazine groups is 1. The van der Waals surface area contributed by atoms with Gasteiger partial charge in [0, 0.05) is 0 Å². The maximum absolute atomic E-state index is 12.3. The first-order chi connectivity index (χ1) is 13.4. The Morgan fingerprint density at radius 3 is 2.29 bits per heavy atom. The highest BCUT2D eigenvalue weighted by atomic mass is 16.5. The topological polar surface area (TPSA) is 76.7 Å². The summed E-state index contributed by atoms with van der Waals surface area (Å²) in [6.45, 7) is 7.86. The minimum Gasteiger partial charge on any atom is -0.490 e. The molecule has 0 bridgehead atoms. The van der Waals surface area contributed by atoms with Crippen molar-refractivity contribution in [3.05, 3.63) is 59.7 Å². The molecule has 1 unspecified atom stereocenters. The van der Waals surface area contributed by atoms with Gasteiger partial charge in [0.05, 0.1) is 11.7 Å². The number of hydrogen-bond donors (Lipinski definition) is 2. The van der Waals surface area contributed by atoms with Crippen LogP contribution in [0, 0.1) is 0 Å². The van der Waals surface area contributed by atoms with E-state index in [0.29, 0.717) is 23.0 Å². The summed E-state index contributed by atoms with van der Waals surface area (Å²) in [5.74, 6) is 0.630. The van der Waals surface area contributed by atoms with Crippen molar-refractivity contribution in [2.75, 3.05) is 6.61 Å². The molecule has 0 heterocycles. The normalized spacial score (nSPS) is 11.6. The van der Waals surface area contributed by atoms with Crippen LogP contribution in [-0.2, 0) is 4.79 Å². The molecule has 0 saturated carbocycles. The minimum absolute atomic E-state index is 0.0661. The van der Waals surface area contributed by atoms with Gasteiger partial charge in [-0.2, -0.15) is 0 Å². The molecule has 0 aliphatic heterocycles. The number of ether oxygens (including phenoxy) is 2. The standard InChI is InChI=1S/C22H28N2O4/c1-5-16(4)17-10-12-18(13-11-17)27-14-21(25)23-24-22(26)19-8-6-7-9-20(19)28-15(2)3/h6-13,15-16H,5,14H2,1-4H3,(H,23,25)(H,24,26). The van der Waals surface area contributed by atoms with Gasteiger partial charge >= 0.3 is 0 Å². The zero-order valence-corrected chi connectivity index (χ0v) is 16.8. The zero-order valence-electron chi connectivity index (χ0n) is 16.8. The number of carbonyl (C=O) groups is 2. The third-order valence-electron chi connectivity index (χ3n) is 4.24. The Hall–Kier alpha value is -3.02. The number of nitrogens with one attached hydrogen (secondary N) is 2. The van der Waals surface area contributed by atoms with Crippen molar-refractivity contribution >= 4 is 11.8 Å². The van der Waals surface area contributed by atoms with E-state index in [0.717, 1.165) is 6.42 Å². The summed E-state index contributed by atoms with van der Waals surface area (Å²) in [5, 5.41) is 0. The quantitative estimate of drug-likeness (QED) is 0.678. The molecule has 2 N–H and O–H groups in total. The molecular formula is C22H28N2O4. The first kappa shape index (κ1) is 21.3. The summed E-state index contributed by atoms with van der Waals surface area (Å²) in [4.78, 5) is 24.3. The summed E-state index contributed by atoms with van der Waals surface area (Å²) in [5.41, 5.74) is 6.31. The maximum atomic E-state index is 12.3. The Morgan fingerprint density at radius 2 is 1.64 bits per heavy atom. The van der Waals surface area contributed by atoms with E-state index in [1.54, 1.807) is 24.3 Å². The van der Waals surface area contributed by atoms with Crippen molar-refractivity contribution in [1.29, 1.82) is 0 Å². The first-order valence-corrected chi connectivity index (χ1v) is 9.48. The zero-order chi connectivity index (χ0) is 20.5. The molecular weight excluding hydrogens is 356 g/mol. The van der Waals surface area contributed by atoms with Gasteiger partial charge in [-0.1, -0.05) is 38.1 Å². The predicted molar refractivity (Wildman–Crippen MR) is 108 cm³/mol. The average molecular weight is 384 g/mol. The van der Waals surface area contributed by atoms with Crippen LogP contribution in [-0.4, -0.2) is 24.5 Å². The van der Waals surface area contributed by atoms with Crippen LogP contribution in [0.3, 0.4) is 0 Å². The van der Waals surface area contributed by atoms with Crippen molar-refractivity contribution < 1.29 is 19.1 Å². The van der Waals surface area contributed by atoms with E-state index in [1.807, 2.05) is 38.1 Å². The van der Waals surface area contributed by atoms with Gasteiger partial charge in [-0.25, -0.2) is 0 Å². The molecule has 0 fully saturated rings. The van der Waals surface area contributed by atoms with Crippen molar-refractivity contribution in [3.63, 3.8) is 0 Å². The number of hydrogen-bond acceptors (Lipinski definition) is 4. The minimum atomic E-state index is -0.457. The molecule has 6 heteroatoms. The van der Waals surface area contributed by atoms with Crippen molar-refractivity contribution in [2.24, 2.45) is 0 Å². The smallest absolute Gasteiger partial charge is 0.276 e. The highest BCUT2D eigenvalue weighted by Gasteiger charge is 2.14. The highest BCUT2D eigenvalue weighted by molar-refractivity contribution is 5.97. The molecule has 0 radical (unpaired) electrons. The Balaban J connectivity index is 1.83. The molecule has 0 aliphatic carbocycles. The lowest BCUT2D eigenvalue weighted by Crippen LogP contribution is -2.44. The fourth-order valence-electron chi connectivity index (χ4n) is 2.52. The molecule has 0 saturated heterocycles. The highest BCUT2D eigenvalue weighted by Crippen LogP contribution is 2.21. The molecule has 28 heavy (non-hydrogen) atoms. The molecule has 1 atom stereocenters. The fourth-order valence-corrected chi connectivity index (χ4v) is 2.52. The molecule has 150 valence electrons. The second-order valence-electron chi connectivity index (χ2n) is 6.83. The molecule has 0 aliphatic rings. The molecule has 2 rings (SSSR count). The van der Waals surface area contributed by atoms with Crippen LogP contribution in [0.4, 0.5) is 0 Å². The predicted octanol–water partition coefficient (Wildman–Crippen LogP) is 3.83. The van der Waals surface area contributed by atoms with Crippen LogP contribution in [0.25, 0.3) is 0 Å². The summed E-state index contributed by atoms with van der Waals surface area (Å²) >= 11 is 0. The summed E-state index contributed by atoms with van der Waals surface area (Å²) < 4.78 is 11.1. The fraction of sp³-hybridized carbons (Fsp3) is 0.364. The van der Waals surface area contributed by atoms with Gasteiger partial charge in [0.15, 0.2) is 6.61 Å². The lowest BCUT2D eigenvalue weighted by Gasteiger charge is -2.14. The largest absolute Gasteiger partial charge is 0.490 e. The first-order valence-electron chi connectivity index (χ1n) is 9.48. The van der Waals surface area contributed by atoms with Gasteiger partial charge in [0.1, 0.15) is 11.5 Å². The van der Waals surface area contributed by atoms with Crippen LogP contribution in [0.2, 0.25) is 0 Å². The lowest BCUT2D eigenvalue weighted by molar-refractivity contribution is -0.123. The van der Waals surface area contributed by atoms with Crippen LogP contribution in [0.1, 0.15) is 56.0 Å². The molecule has 2 amide bonds. The number of amides is 2. The van der Waals surface area contributed by atoms with Gasteiger partial charge in [0.2, 0.25) is 0 Å². The second-order valence-corrected chi connectivity index (χ2v) is 6.83. The Kier molecular flexibility index (Phi) is 7.87. The second kappa shape index (κ2) is 10.3. The SMILES string of the molecule is CCC(C)c1ccc(OCC(=O)NNC(=O)c2ccccc2OC(C)C)cc1. The summed E-state index contributed by atoms with van der Waals surface area (Å²) in [6.07, 6.45) is 0.997. The molecule has 0 aromatic heterocycles. The number of para-hydroxylation sites is 1. The van der Waals surface area contributed by atoms with E-state index in [2.05, 4.69) is 24.7 Å². The third kappa shape index (κ3) is 6.30. The third-order valence-corrected chi connectivity index (χ3v) is 4.24. The van der Waals surface area contributed by atoms with E-state index in [-0.39, 0.29) is 12.7 Å². The monoisotopic (exact) mass is 384 g/mol. The van der Waals surface area contributed by atoms with Crippen molar-refractivity contribution in [1.82, 2.24) is 10.9 Å². The Morgan fingerprint density at radius 1 is 0.964 bits per heavy atom. The van der Waals surface area contributed by atoms with Gasteiger partial charge < -0.3 is 9.47 Å². The van der Waals surface area contributed by atoms with Gasteiger partial charge in [-0.15, -0.1) is 0 Å². The van der Waals surface area contributed by atoms with Gasteiger partial charge in [-0.05, 0) is 56.0 Å². The molecule has 2 aromatic rings. The summed E-state index contributed by atoms with van der Waals surface area (Å²) in [6, 6.07) is 14.5. The molecule has 2 aromatic carbocycles. The van der Waals surface area contributed by atoms with Crippen LogP contribution >= 0.6 is 0 Å².